The van der Waals surface area contributed by atoms with E-state index in [1.54, 1.807) is 11.8 Å². The standard InChI is InChI=1S/C13H17FN2O3S/c1-9(13(17)16-4-6-19-7-5-16)20(18)12-8-10(14)2-3-11(12)15/h2-3,8-9H,4-7,15H2,1H3. The first kappa shape index (κ1) is 14.9. The van der Waals surface area contributed by atoms with Gasteiger partial charge < -0.3 is 15.4 Å². The van der Waals surface area contributed by atoms with Crippen LogP contribution >= 0.6 is 0 Å². The number of rotatable bonds is 3. The minimum Gasteiger partial charge on any atom is -0.398 e. The summed E-state index contributed by atoms with van der Waals surface area (Å²) in [5.41, 5.74) is 5.93. The maximum atomic E-state index is 13.2. The second kappa shape index (κ2) is 6.32. The van der Waals surface area contributed by atoms with Gasteiger partial charge in [-0.1, -0.05) is 0 Å². The molecule has 7 heteroatoms. The third kappa shape index (κ3) is 3.16. The van der Waals surface area contributed by atoms with E-state index in [1.165, 1.54) is 12.1 Å². The smallest absolute Gasteiger partial charge is 0.238 e. The first-order valence-corrected chi connectivity index (χ1v) is 7.54. The molecule has 1 saturated heterocycles. The molecule has 1 heterocycles. The van der Waals surface area contributed by atoms with Crippen molar-refractivity contribution >= 4 is 22.4 Å². The summed E-state index contributed by atoms with van der Waals surface area (Å²) in [6, 6.07) is 3.67. The lowest BCUT2D eigenvalue weighted by molar-refractivity contribution is -0.134. The van der Waals surface area contributed by atoms with Crippen LogP contribution in [0.25, 0.3) is 0 Å². The van der Waals surface area contributed by atoms with Gasteiger partial charge in [-0.05, 0) is 25.1 Å². The lowest BCUT2D eigenvalue weighted by Gasteiger charge is -2.29. The number of nitrogens with zero attached hydrogens (tertiary/aromatic N) is 1. The number of halogens is 1. The van der Waals surface area contributed by atoms with Crippen molar-refractivity contribution in [3.05, 3.63) is 24.0 Å². The van der Waals surface area contributed by atoms with Crippen molar-refractivity contribution < 1.29 is 18.1 Å². The maximum absolute atomic E-state index is 13.2. The van der Waals surface area contributed by atoms with Crippen molar-refractivity contribution in [3.63, 3.8) is 0 Å². The third-order valence-electron chi connectivity index (χ3n) is 3.18. The minimum atomic E-state index is -1.68. The highest BCUT2D eigenvalue weighted by molar-refractivity contribution is 7.86. The SMILES string of the molecule is CC(C(=O)N1CCOCC1)S(=O)c1cc(F)ccc1N. The van der Waals surface area contributed by atoms with Gasteiger partial charge in [-0.25, -0.2) is 4.39 Å². The van der Waals surface area contributed by atoms with Crippen molar-refractivity contribution in [3.8, 4) is 0 Å². The Morgan fingerprint density at radius 2 is 2.10 bits per heavy atom. The Balaban J connectivity index is 2.15. The molecule has 20 heavy (non-hydrogen) atoms. The molecule has 1 fully saturated rings. The van der Waals surface area contributed by atoms with Crippen molar-refractivity contribution in [2.24, 2.45) is 0 Å². The molecule has 0 saturated carbocycles. The molecule has 2 rings (SSSR count). The van der Waals surface area contributed by atoms with Gasteiger partial charge in [0.1, 0.15) is 11.1 Å². The van der Waals surface area contributed by atoms with E-state index in [9.17, 15) is 13.4 Å². The molecule has 2 unspecified atom stereocenters. The fourth-order valence-corrected chi connectivity index (χ4v) is 3.25. The van der Waals surface area contributed by atoms with Crippen molar-refractivity contribution in [1.82, 2.24) is 4.90 Å². The predicted octanol–water partition coefficient (Wildman–Crippen LogP) is 0.763. The zero-order valence-electron chi connectivity index (χ0n) is 11.2. The van der Waals surface area contributed by atoms with Crippen LogP contribution in [0.3, 0.4) is 0 Å². The Kier molecular flexibility index (Phi) is 4.72. The average Bonchev–Trinajstić information content (AvgIpc) is 2.48. The summed E-state index contributed by atoms with van der Waals surface area (Å²) in [7, 11) is -1.68. The van der Waals surface area contributed by atoms with Gasteiger partial charge in [-0.3, -0.25) is 9.00 Å². The number of hydrogen-bond acceptors (Lipinski definition) is 4. The highest BCUT2D eigenvalue weighted by atomic mass is 32.2. The number of nitrogens with two attached hydrogens (primary N) is 1. The van der Waals surface area contributed by atoms with Crippen LogP contribution in [0.15, 0.2) is 23.1 Å². The van der Waals surface area contributed by atoms with E-state index in [1.807, 2.05) is 0 Å². The predicted molar refractivity (Wildman–Crippen MR) is 74.1 cm³/mol. The van der Waals surface area contributed by atoms with Gasteiger partial charge in [-0.15, -0.1) is 0 Å². The average molecular weight is 300 g/mol. The molecule has 110 valence electrons. The van der Waals surface area contributed by atoms with Crippen LogP contribution in [-0.4, -0.2) is 46.6 Å². The number of carbonyl (C=O) groups excluding carboxylic acids is 1. The molecule has 1 aromatic carbocycles. The number of anilines is 1. The quantitative estimate of drug-likeness (QED) is 0.837. The molecular weight excluding hydrogens is 283 g/mol. The lowest BCUT2D eigenvalue weighted by Crippen LogP contribution is -2.46. The van der Waals surface area contributed by atoms with E-state index in [2.05, 4.69) is 0 Å². The maximum Gasteiger partial charge on any atom is 0.238 e. The Hall–Kier alpha value is -1.47. The number of carbonyl (C=O) groups is 1. The summed E-state index contributed by atoms with van der Waals surface area (Å²) >= 11 is 0. The van der Waals surface area contributed by atoms with E-state index >= 15 is 0 Å². The van der Waals surface area contributed by atoms with Crippen molar-refractivity contribution in [2.45, 2.75) is 17.1 Å². The highest BCUT2D eigenvalue weighted by Crippen LogP contribution is 2.21. The van der Waals surface area contributed by atoms with Gasteiger partial charge in [0.2, 0.25) is 5.91 Å². The third-order valence-corrected chi connectivity index (χ3v) is 4.81. The van der Waals surface area contributed by atoms with Gasteiger partial charge >= 0.3 is 0 Å². The molecule has 0 bridgehead atoms. The number of hydrogen-bond donors (Lipinski definition) is 1. The zero-order chi connectivity index (χ0) is 14.7. The largest absolute Gasteiger partial charge is 0.398 e. The van der Waals surface area contributed by atoms with Crippen LogP contribution in [0.4, 0.5) is 10.1 Å². The second-order valence-electron chi connectivity index (χ2n) is 4.56. The Labute approximate surface area is 119 Å². The van der Waals surface area contributed by atoms with Crippen LogP contribution in [0.5, 0.6) is 0 Å². The van der Waals surface area contributed by atoms with Crippen molar-refractivity contribution in [1.29, 1.82) is 0 Å². The second-order valence-corrected chi connectivity index (χ2v) is 6.30. The van der Waals surface area contributed by atoms with Crippen LogP contribution in [0.2, 0.25) is 0 Å². The molecule has 1 amide bonds. The highest BCUT2D eigenvalue weighted by Gasteiger charge is 2.28. The Bertz CT molecular complexity index is 532. The summed E-state index contributed by atoms with van der Waals surface area (Å²) in [6.07, 6.45) is 0. The number of morpholine rings is 1. The van der Waals surface area contributed by atoms with E-state index in [0.717, 1.165) is 6.07 Å². The normalized spacial score (nSPS) is 18.6. The van der Waals surface area contributed by atoms with Crippen LogP contribution in [-0.2, 0) is 20.3 Å². The van der Waals surface area contributed by atoms with E-state index < -0.39 is 21.9 Å². The van der Waals surface area contributed by atoms with E-state index in [0.29, 0.717) is 26.3 Å². The molecule has 5 nitrogen and oxygen atoms in total. The summed E-state index contributed by atoms with van der Waals surface area (Å²) < 4.78 is 30.8. The molecule has 0 aliphatic carbocycles. The van der Waals surface area contributed by atoms with Gasteiger partial charge in [0, 0.05) is 18.8 Å². The molecular formula is C13H17FN2O3S. The fourth-order valence-electron chi connectivity index (χ4n) is 2.01. The number of ether oxygens (including phenoxy) is 1. The number of benzene rings is 1. The molecule has 0 aromatic heterocycles. The zero-order valence-corrected chi connectivity index (χ0v) is 12.0. The summed E-state index contributed by atoms with van der Waals surface area (Å²) in [5, 5.41) is -0.766. The monoisotopic (exact) mass is 300 g/mol. The first-order valence-electron chi connectivity index (χ1n) is 6.33. The van der Waals surface area contributed by atoms with Gasteiger partial charge in [0.25, 0.3) is 0 Å². The topological polar surface area (TPSA) is 72.6 Å². The van der Waals surface area contributed by atoms with Gasteiger partial charge in [0.05, 0.1) is 28.9 Å². The number of amides is 1. The van der Waals surface area contributed by atoms with Gasteiger partial charge in [0.15, 0.2) is 0 Å². The van der Waals surface area contributed by atoms with E-state index in [-0.39, 0.29) is 16.5 Å². The molecule has 2 N–H and O–H groups in total. The fraction of sp³-hybridized carbons (Fsp3) is 0.462. The Morgan fingerprint density at radius 1 is 1.45 bits per heavy atom. The molecule has 0 spiro atoms. The first-order chi connectivity index (χ1) is 9.50. The minimum absolute atomic E-state index is 0.166. The van der Waals surface area contributed by atoms with Gasteiger partial charge in [-0.2, -0.15) is 0 Å². The lowest BCUT2D eigenvalue weighted by atomic mass is 10.3. The molecule has 1 aromatic rings. The summed E-state index contributed by atoms with van der Waals surface area (Å²) in [4.78, 5) is 14.0. The van der Waals surface area contributed by atoms with Crippen LogP contribution < -0.4 is 5.73 Å². The molecule has 1 aliphatic rings. The molecule has 0 radical (unpaired) electrons. The summed E-state index contributed by atoms with van der Waals surface area (Å²) in [6.45, 7) is 3.50. The van der Waals surface area contributed by atoms with E-state index in [4.69, 9.17) is 10.5 Å². The Morgan fingerprint density at radius 3 is 2.75 bits per heavy atom. The molecule has 1 aliphatic heterocycles. The van der Waals surface area contributed by atoms with Crippen molar-refractivity contribution in [2.75, 3.05) is 32.0 Å². The van der Waals surface area contributed by atoms with Crippen LogP contribution in [0, 0.1) is 5.82 Å². The summed E-state index contributed by atoms with van der Waals surface area (Å²) in [5.74, 6) is -0.746. The number of nitrogen functional groups attached to an aromatic ring is 1. The van der Waals surface area contributed by atoms with Crippen LogP contribution in [0.1, 0.15) is 6.92 Å². The molecule has 2 atom stereocenters.